The van der Waals surface area contributed by atoms with Gasteiger partial charge in [-0.3, -0.25) is 4.79 Å². The molecule has 17 heavy (non-hydrogen) atoms. The lowest BCUT2D eigenvalue weighted by Gasteiger charge is -2.23. The van der Waals surface area contributed by atoms with E-state index in [9.17, 15) is 13.2 Å². The first kappa shape index (κ1) is 14.4. The van der Waals surface area contributed by atoms with Crippen LogP contribution in [0.15, 0.2) is 0 Å². The number of primary amides is 1. The molecule has 5 nitrogen and oxygen atoms in total. The van der Waals surface area contributed by atoms with E-state index in [2.05, 4.69) is 0 Å². The van der Waals surface area contributed by atoms with Crippen molar-refractivity contribution in [2.75, 3.05) is 12.3 Å². The standard InChI is InChI=1S/C11H22N2O3S/c1-3-5-9(2)8-17(15,16)13-7-4-6-10(13)11(12)14/h9-10H,3-8H2,1-2H3,(H2,12,14)/t9-,10+/m0/s1. The van der Waals surface area contributed by atoms with Crippen LogP contribution in [0.4, 0.5) is 0 Å². The van der Waals surface area contributed by atoms with Crippen LogP contribution in [0.2, 0.25) is 0 Å². The Balaban J connectivity index is 2.72. The van der Waals surface area contributed by atoms with Gasteiger partial charge >= 0.3 is 0 Å². The third kappa shape index (κ3) is 3.67. The average Bonchev–Trinajstić information content (AvgIpc) is 2.65. The van der Waals surface area contributed by atoms with Gasteiger partial charge in [0.15, 0.2) is 0 Å². The van der Waals surface area contributed by atoms with Crippen LogP contribution in [0.1, 0.15) is 39.5 Å². The summed E-state index contributed by atoms with van der Waals surface area (Å²) in [6.07, 6.45) is 3.12. The van der Waals surface area contributed by atoms with E-state index < -0.39 is 22.0 Å². The summed E-state index contributed by atoms with van der Waals surface area (Å²) in [5, 5.41) is 0. The van der Waals surface area contributed by atoms with Gasteiger partial charge in [-0.25, -0.2) is 8.42 Å². The molecule has 2 atom stereocenters. The minimum absolute atomic E-state index is 0.116. The van der Waals surface area contributed by atoms with Crippen molar-refractivity contribution in [2.45, 2.75) is 45.6 Å². The van der Waals surface area contributed by atoms with Crippen molar-refractivity contribution >= 4 is 15.9 Å². The van der Waals surface area contributed by atoms with Crippen molar-refractivity contribution in [1.82, 2.24) is 4.31 Å². The lowest BCUT2D eigenvalue weighted by Crippen LogP contribution is -2.45. The van der Waals surface area contributed by atoms with Gasteiger partial charge in [0, 0.05) is 6.54 Å². The number of hydrogen-bond donors (Lipinski definition) is 1. The summed E-state index contributed by atoms with van der Waals surface area (Å²) >= 11 is 0. The van der Waals surface area contributed by atoms with Gasteiger partial charge in [-0.2, -0.15) is 4.31 Å². The van der Waals surface area contributed by atoms with Crippen LogP contribution in [0.3, 0.4) is 0 Å². The van der Waals surface area contributed by atoms with Gasteiger partial charge in [0.25, 0.3) is 0 Å². The molecule has 0 aliphatic carbocycles. The van der Waals surface area contributed by atoms with Gasteiger partial charge in [-0.15, -0.1) is 0 Å². The molecule has 1 aliphatic heterocycles. The third-order valence-electron chi connectivity index (χ3n) is 3.17. The number of amides is 1. The van der Waals surface area contributed by atoms with Crippen molar-refractivity contribution in [3.63, 3.8) is 0 Å². The molecule has 0 unspecified atom stereocenters. The zero-order valence-electron chi connectivity index (χ0n) is 10.6. The van der Waals surface area contributed by atoms with E-state index in [4.69, 9.17) is 5.73 Å². The van der Waals surface area contributed by atoms with Gasteiger partial charge in [-0.1, -0.05) is 20.3 Å². The van der Waals surface area contributed by atoms with Crippen molar-refractivity contribution in [3.8, 4) is 0 Å². The maximum atomic E-state index is 12.2. The van der Waals surface area contributed by atoms with Gasteiger partial charge in [0.1, 0.15) is 6.04 Å². The highest BCUT2D eigenvalue weighted by Gasteiger charge is 2.37. The molecule has 1 aliphatic rings. The predicted octanol–water partition coefficient (Wildman–Crippen LogP) is 0.702. The molecule has 6 heteroatoms. The Labute approximate surface area is 103 Å². The highest BCUT2D eigenvalue weighted by atomic mass is 32.2. The highest BCUT2D eigenvalue weighted by molar-refractivity contribution is 7.89. The minimum Gasteiger partial charge on any atom is -0.368 e. The molecule has 2 N–H and O–H groups in total. The monoisotopic (exact) mass is 262 g/mol. The van der Waals surface area contributed by atoms with Crippen molar-refractivity contribution in [2.24, 2.45) is 11.7 Å². The number of nitrogens with zero attached hydrogens (tertiary/aromatic N) is 1. The van der Waals surface area contributed by atoms with E-state index in [0.29, 0.717) is 13.0 Å². The van der Waals surface area contributed by atoms with E-state index in [0.717, 1.165) is 19.3 Å². The SMILES string of the molecule is CCC[C@H](C)CS(=O)(=O)N1CCC[C@@H]1C(N)=O. The number of nitrogens with two attached hydrogens (primary N) is 1. The van der Waals surface area contributed by atoms with Crippen LogP contribution < -0.4 is 5.73 Å². The maximum Gasteiger partial charge on any atom is 0.235 e. The van der Waals surface area contributed by atoms with Crippen LogP contribution in [-0.2, 0) is 14.8 Å². The zero-order valence-corrected chi connectivity index (χ0v) is 11.4. The maximum absolute atomic E-state index is 12.2. The molecule has 100 valence electrons. The summed E-state index contributed by atoms with van der Waals surface area (Å²) in [6, 6.07) is -0.631. The van der Waals surface area contributed by atoms with Crippen molar-refractivity contribution in [3.05, 3.63) is 0 Å². The van der Waals surface area contributed by atoms with Gasteiger partial charge in [0.05, 0.1) is 5.75 Å². The van der Waals surface area contributed by atoms with Crippen LogP contribution >= 0.6 is 0 Å². The molecule has 0 aromatic heterocycles. The lowest BCUT2D eigenvalue weighted by atomic mass is 10.1. The van der Waals surface area contributed by atoms with E-state index in [1.54, 1.807) is 0 Å². The fraction of sp³-hybridized carbons (Fsp3) is 0.909. The molecule has 1 heterocycles. The quantitative estimate of drug-likeness (QED) is 0.765. The van der Waals surface area contributed by atoms with Crippen LogP contribution in [0.25, 0.3) is 0 Å². The predicted molar refractivity (Wildman–Crippen MR) is 66.8 cm³/mol. The largest absolute Gasteiger partial charge is 0.368 e. The Bertz CT molecular complexity index is 367. The molecule has 1 saturated heterocycles. The van der Waals surface area contributed by atoms with E-state index >= 15 is 0 Å². The van der Waals surface area contributed by atoms with Crippen molar-refractivity contribution < 1.29 is 13.2 Å². The smallest absolute Gasteiger partial charge is 0.235 e. The molecule has 0 radical (unpaired) electrons. The second-order valence-electron chi connectivity index (χ2n) is 4.84. The molecule has 0 saturated carbocycles. The van der Waals surface area contributed by atoms with E-state index in [-0.39, 0.29) is 11.7 Å². The lowest BCUT2D eigenvalue weighted by molar-refractivity contribution is -0.121. The minimum atomic E-state index is -3.34. The topological polar surface area (TPSA) is 80.5 Å². The van der Waals surface area contributed by atoms with Crippen LogP contribution in [-0.4, -0.2) is 37.0 Å². The third-order valence-corrected chi connectivity index (χ3v) is 5.31. The molecular weight excluding hydrogens is 240 g/mol. The number of hydrogen-bond acceptors (Lipinski definition) is 3. The first-order valence-corrected chi connectivity index (χ1v) is 7.78. The fourth-order valence-electron chi connectivity index (χ4n) is 2.39. The Morgan fingerprint density at radius 2 is 2.18 bits per heavy atom. The van der Waals surface area contributed by atoms with Crippen LogP contribution in [0.5, 0.6) is 0 Å². The summed E-state index contributed by atoms with van der Waals surface area (Å²) in [5.41, 5.74) is 5.23. The number of sulfonamides is 1. The molecule has 1 rings (SSSR count). The summed E-state index contributed by atoms with van der Waals surface area (Å²) in [4.78, 5) is 11.2. The molecule has 0 spiro atoms. The van der Waals surface area contributed by atoms with Crippen molar-refractivity contribution in [1.29, 1.82) is 0 Å². The number of carbonyl (C=O) groups is 1. The van der Waals surface area contributed by atoms with Gasteiger partial charge < -0.3 is 5.73 Å². The fourth-order valence-corrected chi connectivity index (χ4v) is 4.47. The number of carbonyl (C=O) groups excluding carboxylic acids is 1. The normalized spacial score (nSPS) is 23.8. The summed E-state index contributed by atoms with van der Waals surface area (Å²) < 4.78 is 25.6. The Morgan fingerprint density at radius 1 is 1.53 bits per heavy atom. The molecule has 1 fully saturated rings. The summed E-state index contributed by atoms with van der Waals surface area (Å²) in [5.74, 6) is -0.293. The second-order valence-corrected chi connectivity index (χ2v) is 6.81. The molecule has 0 bridgehead atoms. The van der Waals surface area contributed by atoms with Gasteiger partial charge in [-0.05, 0) is 25.2 Å². The van der Waals surface area contributed by atoms with E-state index in [1.807, 2.05) is 13.8 Å². The summed E-state index contributed by atoms with van der Waals surface area (Å²) in [7, 11) is -3.34. The first-order chi connectivity index (χ1) is 7.88. The molecule has 0 aromatic carbocycles. The Kier molecular flexibility index (Phi) is 4.94. The molecule has 0 aromatic rings. The Hall–Kier alpha value is -0.620. The average molecular weight is 262 g/mol. The Morgan fingerprint density at radius 3 is 2.71 bits per heavy atom. The van der Waals surface area contributed by atoms with E-state index in [1.165, 1.54) is 4.31 Å². The number of rotatable bonds is 6. The summed E-state index contributed by atoms with van der Waals surface area (Å²) in [6.45, 7) is 4.39. The second kappa shape index (κ2) is 5.82. The first-order valence-electron chi connectivity index (χ1n) is 6.17. The zero-order chi connectivity index (χ0) is 13.1. The molecule has 1 amide bonds. The van der Waals surface area contributed by atoms with Crippen LogP contribution in [0, 0.1) is 5.92 Å². The highest BCUT2D eigenvalue weighted by Crippen LogP contribution is 2.23. The molecular formula is C11H22N2O3S. The van der Waals surface area contributed by atoms with Gasteiger partial charge in [0.2, 0.25) is 15.9 Å².